The minimum absolute atomic E-state index is 0.0282. The topological polar surface area (TPSA) is 84.5 Å². The highest BCUT2D eigenvalue weighted by Crippen LogP contribution is 2.11. The molecule has 2 amide bonds. The van der Waals surface area contributed by atoms with E-state index in [1.165, 1.54) is 18.6 Å². The molecule has 6 nitrogen and oxygen atoms in total. The van der Waals surface area contributed by atoms with Crippen LogP contribution in [-0.4, -0.2) is 30.4 Å². The molecule has 2 aromatic carbocycles. The summed E-state index contributed by atoms with van der Waals surface area (Å²) < 4.78 is 5.05. The van der Waals surface area contributed by atoms with Gasteiger partial charge in [0.2, 0.25) is 5.91 Å². The van der Waals surface area contributed by atoms with Crippen LogP contribution in [0.2, 0.25) is 0 Å². The molecular weight excluding hydrogens is 344 g/mol. The number of hydrogen-bond acceptors (Lipinski definition) is 4. The first-order valence-electron chi connectivity index (χ1n) is 8.82. The molecule has 142 valence electrons. The van der Waals surface area contributed by atoms with Crippen molar-refractivity contribution in [3.8, 4) is 0 Å². The van der Waals surface area contributed by atoms with Crippen molar-refractivity contribution in [1.29, 1.82) is 0 Å². The lowest BCUT2D eigenvalue weighted by Crippen LogP contribution is -2.36. The molecular formula is C21H24N2O4. The van der Waals surface area contributed by atoms with Crippen LogP contribution in [0.25, 0.3) is 0 Å². The van der Waals surface area contributed by atoms with Gasteiger partial charge in [0, 0.05) is 18.7 Å². The van der Waals surface area contributed by atoms with Crippen molar-refractivity contribution in [2.24, 2.45) is 0 Å². The van der Waals surface area contributed by atoms with Crippen LogP contribution in [0.4, 0.5) is 5.69 Å². The van der Waals surface area contributed by atoms with Crippen LogP contribution in [0.1, 0.15) is 36.2 Å². The number of amides is 2. The molecule has 6 heteroatoms. The zero-order valence-electron chi connectivity index (χ0n) is 15.5. The Kier molecular flexibility index (Phi) is 7.55. The summed E-state index contributed by atoms with van der Waals surface area (Å²) in [6, 6.07) is 16.4. The molecule has 0 spiro atoms. The summed E-state index contributed by atoms with van der Waals surface area (Å²) in [5.74, 6) is -1.19. The summed E-state index contributed by atoms with van der Waals surface area (Å²) in [6.07, 6.45) is 1.65. The Morgan fingerprint density at radius 3 is 2.48 bits per heavy atom. The van der Waals surface area contributed by atoms with Gasteiger partial charge in [-0.05, 0) is 43.5 Å². The quantitative estimate of drug-likeness (QED) is 0.702. The number of carbonyl (C=O) groups excluding carboxylic acids is 3. The predicted molar refractivity (Wildman–Crippen MR) is 103 cm³/mol. The smallest absolute Gasteiger partial charge is 0.338 e. The molecule has 2 rings (SSSR count). The SMILES string of the molecule is CC(=O)Nc1cccc(C(=O)OCC(=O)N[C@H](C)CCc2ccccc2)c1. The molecule has 0 saturated heterocycles. The van der Waals surface area contributed by atoms with Crippen molar-refractivity contribution in [3.05, 3.63) is 65.7 Å². The Bertz CT molecular complexity index is 790. The summed E-state index contributed by atoms with van der Waals surface area (Å²) in [6.45, 7) is 2.95. The molecule has 0 aliphatic carbocycles. The fourth-order valence-electron chi connectivity index (χ4n) is 2.56. The van der Waals surface area contributed by atoms with Gasteiger partial charge in [0.1, 0.15) is 0 Å². The third-order valence-corrected chi connectivity index (χ3v) is 3.87. The predicted octanol–water partition coefficient (Wildman–Crippen LogP) is 2.94. The molecule has 2 N–H and O–H groups in total. The largest absolute Gasteiger partial charge is 0.452 e. The van der Waals surface area contributed by atoms with E-state index >= 15 is 0 Å². The molecule has 27 heavy (non-hydrogen) atoms. The minimum Gasteiger partial charge on any atom is -0.452 e. The first kappa shape index (κ1) is 20.2. The summed E-state index contributed by atoms with van der Waals surface area (Å²) in [5, 5.41) is 5.41. The van der Waals surface area contributed by atoms with Crippen molar-refractivity contribution < 1.29 is 19.1 Å². The third-order valence-electron chi connectivity index (χ3n) is 3.87. The summed E-state index contributed by atoms with van der Waals surface area (Å²) >= 11 is 0. The monoisotopic (exact) mass is 368 g/mol. The van der Waals surface area contributed by atoms with Gasteiger partial charge in [0.25, 0.3) is 5.91 Å². The Balaban J connectivity index is 1.75. The molecule has 0 aromatic heterocycles. The van der Waals surface area contributed by atoms with E-state index in [0.717, 1.165) is 12.8 Å². The Morgan fingerprint density at radius 1 is 1.04 bits per heavy atom. The van der Waals surface area contributed by atoms with Crippen LogP contribution in [0.15, 0.2) is 54.6 Å². The van der Waals surface area contributed by atoms with Gasteiger partial charge >= 0.3 is 5.97 Å². The van der Waals surface area contributed by atoms with E-state index < -0.39 is 5.97 Å². The summed E-state index contributed by atoms with van der Waals surface area (Å²) in [4.78, 5) is 35.1. The molecule has 0 aliphatic heterocycles. The fraction of sp³-hybridized carbons (Fsp3) is 0.286. The fourth-order valence-corrected chi connectivity index (χ4v) is 2.56. The van der Waals surface area contributed by atoms with E-state index in [1.54, 1.807) is 18.2 Å². The number of rotatable bonds is 8. The minimum atomic E-state index is -0.616. The molecule has 2 aromatic rings. The zero-order valence-corrected chi connectivity index (χ0v) is 15.5. The summed E-state index contributed by atoms with van der Waals surface area (Å²) in [5.41, 5.74) is 1.98. The van der Waals surface area contributed by atoms with Gasteiger partial charge < -0.3 is 15.4 Å². The normalized spacial score (nSPS) is 11.3. The maximum atomic E-state index is 12.1. The maximum absolute atomic E-state index is 12.1. The van der Waals surface area contributed by atoms with E-state index in [1.807, 2.05) is 37.3 Å². The number of nitrogens with one attached hydrogen (secondary N) is 2. The van der Waals surface area contributed by atoms with E-state index in [9.17, 15) is 14.4 Å². The van der Waals surface area contributed by atoms with Gasteiger partial charge in [-0.1, -0.05) is 36.4 Å². The average molecular weight is 368 g/mol. The molecule has 0 bridgehead atoms. The number of esters is 1. The Labute approximate surface area is 158 Å². The van der Waals surface area contributed by atoms with Gasteiger partial charge in [0.15, 0.2) is 6.61 Å². The van der Waals surface area contributed by atoms with E-state index in [0.29, 0.717) is 5.69 Å². The van der Waals surface area contributed by atoms with Gasteiger partial charge in [-0.3, -0.25) is 9.59 Å². The average Bonchev–Trinajstić information content (AvgIpc) is 2.65. The van der Waals surface area contributed by atoms with Crippen LogP contribution in [-0.2, 0) is 20.7 Å². The number of anilines is 1. The van der Waals surface area contributed by atoms with E-state index in [2.05, 4.69) is 10.6 Å². The molecule has 0 aliphatic rings. The number of aryl methyl sites for hydroxylation is 1. The Morgan fingerprint density at radius 2 is 1.78 bits per heavy atom. The number of carbonyl (C=O) groups is 3. The number of benzene rings is 2. The lowest BCUT2D eigenvalue weighted by Gasteiger charge is -2.14. The second kappa shape index (κ2) is 10.1. The maximum Gasteiger partial charge on any atom is 0.338 e. The first-order chi connectivity index (χ1) is 12.9. The van der Waals surface area contributed by atoms with Crippen LogP contribution in [0, 0.1) is 0 Å². The van der Waals surface area contributed by atoms with E-state index in [-0.39, 0.29) is 30.0 Å². The van der Waals surface area contributed by atoms with E-state index in [4.69, 9.17) is 4.74 Å². The summed E-state index contributed by atoms with van der Waals surface area (Å²) in [7, 11) is 0. The molecule has 0 radical (unpaired) electrons. The molecule has 0 unspecified atom stereocenters. The van der Waals surface area contributed by atoms with Crippen molar-refractivity contribution in [3.63, 3.8) is 0 Å². The zero-order chi connectivity index (χ0) is 19.6. The van der Waals surface area contributed by atoms with Gasteiger partial charge in [-0.15, -0.1) is 0 Å². The second-order valence-electron chi connectivity index (χ2n) is 6.33. The second-order valence-corrected chi connectivity index (χ2v) is 6.33. The van der Waals surface area contributed by atoms with Crippen molar-refractivity contribution in [2.75, 3.05) is 11.9 Å². The molecule has 0 saturated carbocycles. The number of ether oxygens (including phenoxy) is 1. The van der Waals surface area contributed by atoms with Crippen LogP contribution >= 0.6 is 0 Å². The third kappa shape index (κ3) is 7.32. The van der Waals surface area contributed by atoms with Crippen LogP contribution in [0.5, 0.6) is 0 Å². The van der Waals surface area contributed by atoms with Gasteiger partial charge in [-0.25, -0.2) is 4.79 Å². The van der Waals surface area contributed by atoms with Crippen LogP contribution in [0.3, 0.4) is 0 Å². The first-order valence-corrected chi connectivity index (χ1v) is 8.82. The van der Waals surface area contributed by atoms with Gasteiger partial charge in [-0.2, -0.15) is 0 Å². The van der Waals surface area contributed by atoms with Crippen molar-refractivity contribution >= 4 is 23.5 Å². The molecule has 0 fully saturated rings. The standard InChI is InChI=1S/C21H24N2O4/c1-15(11-12-17-7-4-3-5-8-17)22-20(25)14-27-21(26)18-9-6-10-19(13-18)23-16(2)24/h3-10,13,15H,11-12,14H2,1-2H3,(H,22,25)(H,23,24)/t15-/m1/s1. The lowest BCUT2D eigenvalue weighted by atomic mass is 10.1. The molecule has 1 atom stereocenters. The number of hydrogen-bond donors (Lipinski definition) is 2. The highest BCUT2D eigenvalue weighted by Gasteiger charge is 2.13. The van der Waals surface area contributed by atoms with Crippen molar-refractivity contribution in [1.82, 2.24) is 5.32 Å². The Hall–Kier alpha value is -3.15. The van der Waals surface area contributed by atoms with Crippen LogP contribution < -0.4 is 10.6 Å². The highest BCUT2D eigenvalue weighted by atomic mass is 16.5. The van der Waals surface area contributed by atoms with Gasteiger partial charge in [0.05, 0.1) is 5.56 Å². The van der Waals surface area contributed by atoms with Crippen molar-refractivity contribution in [2.45, 2.75) is 32.7 Å². The molecule has 0 heterocycles. The lowest BCUT2D eigenvalue weighted by molar-refractivity contribution is -0.124. The highest BCUT2D eigenvalue weighted by molar-refractivity contribution is 5.94.